The van der Waals surface area contributed by atoms with E-state index in [1.54, 1.807) is 0 Å². The molecule has 0 bridgehead atoms. The molecule has 10 rings (SSSR count). The van der Waals surface area contributed by atoms with E-state index in [2.05, 4.69) is 248 Å². The monoisotopic (exact) mass is 828 g/mol. The zero-order valence-electron chi connectivity index (χ0n) is 37.1. The number of rotatable bonds is 11. The molecule has 2 nitrogen and oxygen atoms in total. The minimum absolute atomic E-state index is 0.0535. The second-order valence-electron chi connectivity index (χ2n) is 17.9. The normalized spacial score (nSPS) is 18.2. The minimum atomic E-state index is -0.0535. The Balaban J connectivity index is 0.945. The van der Waals surface area contributed by atoms with E-state index in [9.17, 15) is 0 Å². The second-order valence-corrected chi connectivity index (χ2v) is 17.9. The Morgan fingerprint density at radius 1 is 0.453 bits per heavy atom. The molecule has 0 saturated heterocycles. The molecule has 0 saturated carbocycles. The molecule has 0 heterocycles. The molecule has 0 fully saturated rings. The summed E-state index contributed by atoms with van der Waals surface area (Å²) in [5.74, 6) is 0.597. The van der Waals surface area contributed by atoms with E-state index >= 15 is 0 Å². The lowest BCUT2D eigenvalue weighted by atomic mass is 9.77. The zero-order valence-corrected chi connectivity index (χ0v) is 37.1. The van der Waals surface area contributed by atoms with E-state index in [1.807, 2.05) is 0 Å². The van der Waals surface area contributed by atoms with Gasteiger partial charge < -0.3 is 9.80 Å². The van der Waals surface area contributed by atoms with Crippen molar-refractivity contribution in [2.75, 3.05) is 9.80 Å². The smallest absolute Gasteiger partial charge is 0.0462 e. The summed E-state index contributed by atoms with van der Waals surface area (Å²) >= 11 is 0. The number of nitrogens with zero attached hydrogens (tertiary/aromatic N) is 2. The fourth-order valence-electron chi connectivity index (χ4n) is 9.52. The van der Waals surface area contributed by atoms with Crippen LogP contribution in [0.5, 0.6) is 0 Å². The van der Waals surface area contributed by atoms with Crippen molar-refractivity contribution in [1.82, 2.24) is 0 Å². The Bertz CT molecular complexity index is 2840. The van der Waals surface area contributed by atoms with E-state index in [-0.39, 0.29) is 5.41 Å². The van der Waals surface area contributed by atoms with Crippen LogP contribution in [-0.4, -0.2) is 0 Å². The van der Waals surface area contributed by atoms with E-state index in [1.165, 1.54) is 81.5 Å². The maximum Gasteiger partial charge on any atom is 0.0462 e. The average molecular weight is 829 g/mol. The molecule has 3 aliphatic rings. The van der Waals surface area contributed by atoms with Crippen LogP contribution in [0.2, 0.25) is 0 Å². The molecule has 64 heavy (non-hydrogen) atoms. The average Bonchev–Trinajstić information content (AvgIpc) is 3.37. The number of hydrogen-bond donors (Lipinski definition) is 0. The number of hydrogen-bond acceptors (Lipinski definition) is 2. The van der Waals surface area contributed by atoms with E-state index in [0.29, 0.717) is 5.92 Å². The first kappa shape index (κ1) is 40.9. The van der Waals surface area contributed by atoms with Gasteiger partial charge in [-0.1, -0.05) is 172 Å². The van der Waals surface area contributed by atoms with Gasteiger partial charge in [0.15, 0.2) is 0 Å². The molecule has 0 amide bonds. The Kier molecular flexibility index (Phi) is 11.7. The lowest BCUT2D eigenvalue weighted by Crippen LogP contribution is -2.24. The van der Waals surface area contributed by atoms with Gasteiger partial charge >= 0.3 is 0 Å². The molecule has 0 spiro atoms. The van der Waals surface area contributed by atoms with Crippen LogP contribution in [0.4, 0.5) is 28.4 Å². The van der Waals surface area contributed by atoms with Gasteiger partial charge in [-0.2, -0.15) is 0 Å². The highest BCUT2D eigenvalue weighted by Gasteiger charge is 2.27. The van der Waals surface area contributed by atoms with Gasteiger partial charge in [0, 0.05) is 39.5 Å². The second kappa shape index (κ2) is 18.3. The first-order chi connectivity index (χ1) is 31.5. The Morgan fingerprint density at radius 3 is 1.41 bits per heavy atom. The third-order valence-electron chi connectivity index (χ3n) is 13.4. The van der Waals surface area contributed by atoms with Gasteiger partial charge in [0.25, 0.3) is 0 Å². The van der Waals surface area contributed by atoms with Crippen molar-refractivity contribution >= 4 is 39.6 Å². The van der Waals surface area contributed by atoms with Crippen molar-refractivity contribution in [3.05, 3.63) is 247 Å². The molecule has 2 atom stereocenters. The van der Waals surface area contributed by atoms with Crippen LogP contribution in [-0.2, 0) is 5.41 Å². The largest absolute Gasteiger partial charge is 0.311 e. The standard InChI is InChI=1S/C62H56N2/c1-46-18-20-49(21-19-46)52-26-36-57(37-27-52)63(56-32-22-50(23-33-56)47-12-6-3-7-13-47)58-38-28-53(29-39-58)54-30-40-60(41-31-54)64(59-34-24-51(25-35-59)48-14-8-4-9-15-48)61-42-44-62(2,45-43-61)55-16-10-5-11-17-55/h4-5,8-12,14-18,20-44,46H,3,6-7,13,19,45H2,1-2H3. The molecule has 3 aliphatic carbocycles. The lowest BCUT2D eigenvalue weighted by Gasteiger charge is -2.33. The van der Waals surface area contributed by atoms with Crippen LogP contribution >= 0.6 is 0 Å². The fourth-order valence-corrected chi connectivity index (χ4v) is 9.52. The van der Waals surface area contributed by atoms with Crippen molar-refractivity contribution in [3.63, 3.8) is 0 Å². The molecular weight excluding hydrogens is 773 g/mol. The summed E-state index contributed by atoms with van der Waals surface area (Å²) in [7, 11) is 0. The van der Waals surface area contributed by atoms with Crippen molar-refractivity contribution in [1.29, 1.82) is 0 Å². The van der Waals surface area contributed by atoms with E-state index in [4.69, 9.17) is 0 Å². The topological polar surface area (TPSA) is 6.48 Å². The predicted octanol–water partition coefficient (Wildman–Crippen LogP) is 17.4. The molecule has 2 unspecified atom stereocenters. The highest BCUT2D eigenvalue weighted by atomic mass is 15.1. The maximum absolute atomic E-state index is 2.43. The third kappa shape index (κ3) is 8.74. The highest BCUT2D eigenvalue weighted by Crippen LogP contribution is 2.41. The molecule has 2 heteroatoms. The van der Waals surface area contributed by atoms with Crippen LogP contribution in [0.3, 0.4) is 0 Å². The molecule has 314 valence electrons. The van der Waals surface area contributed by atoms with Gasteiger partial charge in [0.1, 0.15) is 0 Å². The van der Waals surface area contributed by atoms with Crippen LogP contribution in [0.1, 0.15) is 69.1 Å². The zero-order chi connectivity index (χ0) is 43.3. The molecule has 7 aromatic carbocycles. The first-order valence-corrected chi connectivity index (χ1v) is 23.2. The summed E-state index contributed by atoms with van der Waals surface area (Å²) in [5.41, 5.74) is 18.3. The Labute approximate surface area is 380 Å². The SMILES string of the molecule is CC1C=CC(c2ccc(N(c3ccc(C4=CCCCC4)cc3)c3ccc(-c4ccc(N(C5=CCC(C)(c6ccccc6)C=C5)c5ccc(-c6ccccc6)cc5)cc4)cc3)cc2)=CC1. The summed E-state index contributed by atoms with van der Waals surface area (Å²) in [6.07, 6.45) is 23.4. The number of anilines is 5. The van der Waals surface area contributed by atoms with Gasteiger partial charge in [-0.05, 0) is 161 Å². The van der Waals surface area contributed by atoms with Gasteiger partial charge in [-0.3, -0.25) is 0 Å². The van der Waals surface area contributed by atoms with Crippen LogP contribution < -0.4 is 9.80 Å². The maximum atomic E-state index is 2.43. The van der Waals surface area contributed by atoms with Gasteiger partial charge in [-0.15, -0.1) is 0 Å². The fraction of sp³-hybridized carbons (Fsp3) is 0.161. The van der Waals surface area contributed by atoms with Crippen LogP contribution in [0, 0.1) is 5.92 Å². The summed E-state index contributed by atoms with van der Waals surface area (Å²) < 4.78 is 0. The third-order valence-corrected chi connectivity index (χ3v) is 13.4. The Morgan fingerprint density at radius 2 is 0.938 bits per heavy atom. The first-order valence-electron chi connectivity index (χ1n) is 23.2. The molecule has 0 radical (unpaired) electrons. The molecule has 0 N–H and O–H groups in total. The van der Waals surface area contributed by atoms with Gasteiger partial charge in [0.05, 0.1) is 0 Å². The van der Waals surface area contributed by atoms with Gasteiger partial charge in [0.2, 0.25) is 0 Å². The van der Waals surface area contributed by atoms with Gasteiger partial charge in [-0.25, -0.2) is 0 Å². The molecular formula is C62H56N2. The van der Waals surface area contributed by atoms with Crippen molar-refractivity contribution in [2.45, 2.75) is 57.8 Å². The van der Waals surface area contributed by atoms with Crippen molar-refractivity contribution < 1.29 is 0 Å². The predicted molar refractivity (Wildman–Crippen MR) is 274 cm³/mol. The summed E-state index contributed by atoms with van der Waals surface area (Å²) in [6.45, 7) is 4.61. The summed E-state index contributed by atoms with van der Waals surface area (Å²) in [5, 5.41) is 0. The van der Waals surface area contributed by atoms with Crippen LogP contribution in [0.25, 0.3) is 33.4 Å². The van der Waals surface area contributed by atoms with E-state index in [0.717, 1.165) is 41.3 Å². The summed E-state index contributed by atoms with van der Waals surface area (Å²) in [6, 6.07) is 66.9. The van der Waals surface area contributed by atoms with Crippen LogP contribution in [0.15, 0.2) is 230 Å². The quantitative estimate of drug-likeness (QED) is 0.128. The highest BCUT2D eigenvalue weighted by molar-refractivity contribution is 5.83. The molecule has 0 aliphatic heterocycles. The Hall–Kier alpha value is -7.16. The van der Waals surface area contributed by atoms with E-state index < -0.39 is 0 Å². The minimum Gasteiger partial charge on any atom is -0.311 e. The summed E-state index contributed by atoms with van der Waals surface area (Å²) in [4.78, 5) is 4.78. The van der Waals surface area contributed by atoms with Crippen molar-refractivity contribution in [2.24, 2.45) is 5.92 Å². The number of allylic oxidation sites excluding steroid dienone is 9. The van der Waals surface area contributed by atoms with Crippen molar-refractivity contribution in [3.8, 4) is 22.3 Å². The molecule has 0 aromatic heterocycles. The molecule has 7 aromatic rings. The number of benzene rings is 7. The lowest BCUT2D eigenvalue weighted by molar-refractivity contribution is 0.595.